The predicted molar refractivity (Wildman–Crippen MR) is 58.5 cm³/mol. The Balaban J connectivity index is 2.44. The summed E-state index contributed by atoms with van der Waals surface area (Å²) in [5.74, 6) is -1.63. The Bertz CT molecular complexity index is 309. The largest absolute Gasteiger partial charge is 0.480 e. The van der Waals surface area contributed by atoms with E-state index in [9.17, 15) is 14.4 Å². The summed E-state index contributed by atoms with van der Waals surface area (Å²) >= 11 is 0. The molecule has 0 bridgehead atoms. The SMILES string of the molecule is CC(=O)CC[C@H](NC(=O)[C@H]1CCCO1)C(=O)O. The fourth-order valence-electron chi connectivity index (χ4n) is 1.65. The predicted octanol–water partition coefficient (Wildman–Crippen LogP) is 0.104. The Morgan fingerprint density at radius 3 is 2.65 bits per heavy atom. The van der Waals surface area contributed by atoms with E-state index in [4.69, 9.17) is 9.84 Å². The second kappa shape index (κ2) is 6.34. The van der Waals surface area contributed by atoms with Crippen LogP contribution in [0.5, 0.6) is 0 Å². The molecule has 2 N–H and O–H groups in total. The lowest BCUT2D eigenvalue weighted by Crippen LogP contribution is -2.45. The number of nitrogens with one attached hydrogen (secondary N) is 1. The highest BCUT2D eigenvalue weighted by molar-refractivity contribution is 5.87. The standard InChI is InChI=1S/C11H17NO5/c1-7(13)4-5-8(11(15)16)12-10(14)9-3-2-6-17-9/h8-9H,2-6H2,1H3,(H,12,14)(H,15,16)/t8-,9+/m0/s1. The Morgan fingerprint density at radius 1 is 1.47 bits per heavy atom. The Kier molecular flexibility index (Phi) is 5.09. The molecule has 0 aromatic heterocycles. The van der Waals surface area contributed by atoms with Gasteiger partial charge in [-0.05, 0) is 26.2 Å². The van der Waals surface area contributed by atoms with E-state index in [1.165, 1.54) is 6.92 Å². The smallest absolute Gasteiger partial charge is 0.326 e. The van der Waals surface area contributed by atoms with Gasteiger partial charge in [0.25, 0.3) is 0 Å². The summed E-state index contributed by atoms with van der Waals surface area (Å²) < 4.78 is 5.15. The number of aliphatic carboxylic acids is 1. The first kappa shape index (κ1) is 13.6. The van der Waals surface area contributed by atoms with Crippen molar-refractivity contribution in [1.82, 2.24) is 5.32 Å². The molecule has 0 aromatic rings. The van der Waals surface area contributed by atoms with Gasteiger partial charge in [-0.25, -0.2) is 4.79 Å². The van der Waals surface area contributed by atoms with Crippen LogP contribution in [-0.2, 0) is 19.1 Å². The van der Waals surface area contributed by atoms with E-state index in [2.05, 4.69) is 5.32 Å². The van der Waals surface area contributed by atoms with E-state index in [0.717, 1.165) is 6.42 Å². The van der Waals surface area contributed by atoms with Crippen molar-refractivity contribution in [3.8, 4) is 0 Å². The van der Waals surface area contributed by atoms with E-state index >= 15 is 0 Å². The Hall–Kier alpha value is -1.43. The summed E-state index contributed by atoms with van der Waals surface area (Å²) in [6.45, 7) is 1.92. The number of hydrogen-bond donors (Lipinski definition) is 2. The number of amides is 1. The van der Waals surface area contributed by atoms with E-state index < -0.39 is 24.0 Å². The van der Waals surface area contributed by atoms with Crippen molar-refractivity contribution in [2.75, 3.05) is 6.61 Å². The van der Waals surface area contributed by atoms with Crippen LogP contribution in [0.3, 0.4) is 0 Å². The highest BCUT2D eigenvalue weighted by atomic mass is 16.5. The molecule has 17 heavy (non-hydrogen) atoms. The molecule has 0 unspecified atom stereocenters. The van der Waals surface area contributed by atoms with Crippen LogP contribution in [0.25, 0.3) is 0 Å². The molecule has 1 aliphatic heterocycles. The summed E-state index contributed by atoms with van der Waals surface area (Å²) in [6.07, 6.45) is 1.13. The molecule has 0 saturated carbocycles. The third-order valence-electron chi connectivity index (χ3n) is 2.62. The van der Waals surface area contributed by atoms with Gasteiger partial charge in [-0.1, -0.05) is 0 Å². The lowest BCUT2D eigenvalue weighted by Gasteiger charge is -2.16. The molecule has 1 rings (SSSR count). The second-order valence-corrected chi connectivity index (χ2v) is 4.14. The number of ketones is 1. The summed E-state index contributed by atoms with van der Waals surface area (Å²) in [6, 6.07) is -1.02. The van der Waals surface area contributed by atoms with Gasteiger partial charge < -0.3 is 20.0 Å². The minimum absolute atomic E-state index is 0.0948. The molecule has 1 fully saturated rings. The van der Waals surface area contributed by atoms with Gasteiger partial charge in [0.05, 0.1) is 0 Å². The minimum Gasteiger partial charge on any atom is -0.480 e. The molecule has 6 nitrogen and oxygen atoms in total. The van der Waals surface area contributed by atoms with Gasteiger partial charge in [-0.3, -0.25) is 4.79 Å². The Labute approximate surface area is 99.3 Å². The molecule has 0 aliphatic carbocycles. The number of carbonyl (C=O) groups is 3. The Morgan fingerprint density at radius 2 is 2.18 bits per heavy atom. The van der Waals surface area contributed by atoms with Gasteiger partial charge in [0.1, 0.15) is 17.9 Å². The van der Waals surface area contributed by atoms with Gasteiger partial charge in [-0.15, -0.1) is 0 Å². The number of Topliss-reactive ketones (excluding diaryl/α,β-unsaturated/α-hetero) is 1. The van der Waals surface area contributed by atoms with Crippen molar-refractivity contribution in [2.45, 2.75) is 44.8 Å². The average molecular weight is 243 g/mol. The van der Waals surface area contributed by atoms with Gasteiger partial charge in [-0.2, -0.15) is 0 Å². The van der Waals surface area contributed by atoms with Crippen LogP contribution >= 0.6 is 0 Å². The number of hydrogen-bond acceptors (Lipinski definition) is 4. The number of carboxylic acids is 1. The normalized spacial score (nSPS) is 20.9. The molecule has 1 aliphatic rings. The first-order valence-corrected chi connectivity index (χ1v) is 5.65. The first-order chi connectivity index (χ1) is 8.00. The second-order valence-electron chi connectivity index (χ2n) is 4.14. The zero-order valence-corrected chi connectivity index (χ0v) is 9.77. The molecule has 6 heteroatoms. The lowest BCUT2D eigenvalue weighted by atomic mass is 10.1. The average Bonchev–Trinajstić information content (AvgIpc) is 2.76. The molecule has 1 heterocycles. The third-order valence-corrected chi connectivity index (χ3v) is 2.62. The van der Waals surface area contributed by atoms with Gasteiger partial charge in [0.2, 0.25) is 5.91 Å². The summed E-state index contributed by atoms with van der Waals surface area (Å²) in [5.41, 5.74) is 0. The van der Waals surface area contributed by atoms with Crippen LogP contribution < -0.4 is 5.32 Å². The summed E-state index contributed by atoms with van der Waals surface area (Å²) in [4.78, 5) is 33.3. The van der Waals surface area contributed by atoms with Gasteiger partial charge in [0.15, 0.2) is 0 Å². The maximum absolute atomic E-state index is 11.6. The number of rotatable bonds is 6. The molecular formula is C11H17NO5. The fourth-order valence-corrected chi connectivity index (χ4v) is 1.65. The minimum atomic E-state index is -1.13. The van der Waals surface area contributed by atoms with Crippen LogP contribution in [-0.4, -0.2) is 41.5 Å². The van der Waals surface area contributed by atoms with Crippen molar-refractivity contribution in [1.29, 1.82) is 0 Å². The number of ether oxygens (including phenoxy) is 1. The third kappa shape index (κ3) is 4.52. The summed E-state index contributed by atoms with van der Waals surface area (Å²) in [7, 11) is 0. The molecule has 1 saturated heterocycles. The molecule has 1 amide bonds. The molecular weight excluding hydrogens is 226 g/mol. The van der Waals surface area contributed by atoms with E-state index in [-0.39, 0.29) is 18.6 Å². The number of carbonyl (C=O) groups excluding carboxylic acids is 2. The zero-order valence-electron chi connectivity index (χ0n) is 9.77. The first-order valence-electron chi connectivity index (χ1n) is 5.65. The van der Waals surface area contributed by atoms with E-state index in [1.54, 1.807) is 0 Å². The van der Waals surface area contributed by atoms with Crippen LogP contribution in [0.1, 0.15) is 32.6 Å². The van der Waals surface area contributed by atoms with Crippen LogP contribution in [0.4, 0.5) is 0 Å². The van der Waals surface area contributed by atoms with Crippen LogP contribution in [0, 0.1) is 0 Å². The van der Waals surface area contributed by atoms with Crippen molar-refractivity contribution in [3.05, 3.63) is 0 Å². The maximum atomic E-state index is 11.6. The maximum Gasteiger partial charge on any atom is 0.326 e. The fraction of sp³-hybridized carbons (Fsp3) is 0.727. The van der Waals surface area contributed by atoms with E-state index in [1.807, 2.05) is 0 Å². The van der Waals surface area contributed by atoms with Crippen LogP contribution in [0.15, 0.2) is 0 Å². The topological polar surface area (TPSA) is 92.7 Å². The van der Waals surface area contributed by atoms with Crippen molar-refractivity contribution in [2.24, 2.45) is 0 Å². The van der Waals surface area contributed by atoms with Crippen LogP contribution in [0.2, 0.25) is 0 Å². The quantitative estimate of drug-likeness (QED) is 0.690. The zero-order chi connectivity index (χ0) is 12.8. The molecule has 2 atom stereocenters. The highest BCUT2D eigenvalue weighted by Crippen LogP contribution is 2.12. The number of carboxylic acid groups (broad SMARTS) is 1. The molecule has 0 aromatic carbocycles. The monoisotopic (exact) mass is 243 g/mol. The van der Waals surface area contributed by atoms with E-state index in [0.29, 0.717) is 13.0 Å². The van der Waals surface area contributed by atoms with Gasteiger partial charge >= 0.3 is 5.97 Å². The molecule has 96 valence electrons. The van der Waals surface area contributed by atoms with Crippen molar-refractivity contribution >= 4 is 17.7 Å². The van der Waals surface area contributed by atoms with Crippen molar-refractivity contribution < 1.29 is 24.2 Å². The van der Waals surface area contributed by atoms with Crippen molar-refractivity contribution in [3.63, 3.8) is 0 Å². The lowest BCUT2D eigenvalue weighted by molar-refractivity contribution is -0.143. The molecule has 0 radical (unpaired) electrons. The summed E-state index contributed by atoms with van der Waals surface area (Å²) in [5, 5.41) is 11.3. The highest BCUT2D eigenvalue weighted by Gasteiger charge is 2.28. The molecule has 0 spiro atoms. The van der Waals surface area contributed by atoms with Gasteiger partial charge in [0, 0.05) is 13.0 Å².